The van der Waals surface area contributed by atoms with Crippen LogP contribution in [0.1, 0.15) is 47.2 Å². The van der Waals surface area contributed by atoms with Crippen LogP contribution in [0.3, 0.4) is 0 Å². The Balaban J connectivity index is 1.47. The lowest BCUT2D eigenvalue weighted by Crippen LogP contribution is -2.21. The van der Waals surface area contributed by atoms with E-state index in [0.29, 0.717) is 0 Å². The summed E-state index contributed by atoms with van der Waals surface area (Å²) in [5, 5.41) is 1.75. The lowest BCUT2D eigenvalue weighted by Gasteiger charge is -2.30. The Morgan fingerprint density at radius 1 is 0.548 bits per heavy atom. The predicted octanol–water partition coefficient (Wildman–Crippen LogP) is 8.46. The summed E-state index contributed by atoms with van der Waals surface area (Å²) in [6, 6.07) is 26.1. The highest BCUT2D eigenvalue weighted by Crippen LogP contribution is 2.49. The van der Waals surface area contributed by atoms with Gasteiger partial charge in [0.2, 0.25) is 0 Å². The second-order valence-corrected chi connectivity index (χ2v) is 9.96. The van der Waals surface area contributed by atoms with E-state index in [1.54, 1.807) is 0 Å². The van der Waals surface area contributed by atoms with Gasteiger partial charge in [0, 0.05) is 28.3 Å². The van der Waals surface area contributed by atoms with Crippen molar-refractivity contribution >= 4 is 23.2 Å². The maximum absolute atomic E-state index is 7.08. The average molecular weight is 441 g/mol. The van der Waals surface area contributed by atoms with E-state index >= 15 is 0 Å². The molecule has 0 heterocycles. The first-order valence-corrected chi connectivity index (χ1v) is 11.5. The van der Waals surface area contributed by atoms with Crippen molar-refractivity contribution in [1.82, 2.24) is 0 Å². The number of rotatable bonds is 2. The van der Waals surface area contributed by atoms with E-state index in [1.807, 2.05) is 0 Å². The van der Waals surface area contributed by atoms with Crippen molar-refractivity contribution in [2.24, 2.45) is 0 Å². The number of fused-ring (bicyclic) bond motifs is 6. The molecule has 0 aliphatic heterocycles. The molecule has 0 spiro atoms. The smallest absolute Gasteiger partial charge is 0.0488 e. The van der Waals surface area contributed by atoms with Crippen LogP contribution in [0.4, 0.5) is 0 Å². The number of hydrogen-bond donors (Lipinski definition) is 0. The van der Waals surface area contributed by atoms with E-state index in [-0.39, 0.29) is 5.41 Å². The van der Waals surface area contributed by atoms with E-state index < -0.39 is 0 Å². The van der Waals surface area contributed by atoms with Crippen LogP contribution in [-0.4, -0.2) is 0 Å². The second kappa shape index (κ2) is 6.73. The summed E-state index contributed by atoms with van der Waals surface area (Å²) in [7, 11) is 0. The quantitative estimate of drug-likeness (QED) is 0.253. The molecular weight excluding hydrogens is 419 g/mol. The number of halogens is 2. The maximum atomic E-state index is 7.08. The Labute approximate surface area is 193 Å². The molecule has 0 aromatic heterocycles. The van der Waals surface area contributed by atoms with E-state index in [9.17, 15) is 0 Å². The van der Waals surface area contributed by atoms with Crippen LogP contribution in [0.5, 0.6) is 0 Å². The zero-order valence-corrected chi connectivity index (χ0v) is 19.1. The fourth-order valence-corrected chi connectivity index (χ4v) is 6.39. The van der Waals surface area contributed by atoms with Crippen molar-refractivity contribution in [3.05, 3.63) is 116 Å². The Bertz CT molecular complexity index is 1270. The molecule has 2 aliphatic carbocycles. The third-order valence-corrected chi connectivity index (χ3v) is 8.05. The monoisotopic (exact) mass is 440 g/mol. The summed E-state index contributed by atoms with van der Waals surface area (Å²) in [4.78, 5) is 0. The standard InChI is InChI=1S/C29H22Cl2/c1-29(2,25-13-11-21-19-9-5-3-7-17(19)15-23(21)27(25)30)26-14-12-22-20-10-6-4-8-18(20)16-24(22)28(26)31/h3-14H,15-16H2,1-2H3. The van der Waals surface area contributed by atoms with Crippen LogP contribution in [0.2, 0.25) is 10.0 Å². The molecular formula is C29H22Cl2. The van der Waals surface area contributed by atoms with Crippen LogP contribution >= 0.6 is 23.2 Å². The van der Waals surface area contributed by atoms with Crippen LogP contribution in [0, 0.1) is 0 Å². The summed E-state index contributed by atoms with van der Waals surface area (Å²) in [6.07, 6.45) is 1.78. The molecule has 0 amide bonds. The lowest BCUT2D eigenvalue weighted by atomic mass is 9.76. The van der Waals surface area contributed by atoms with Gasteiger partial charge >= 0.3 is 0 Å². The molecule has 152 valence electrons. The van der Waals surface area contributed by atoms with Crippen LogP contribution in [0.25, 0.3) is 22.3 Å². The van der Waals surface area contributed by atoms with Crippen molar-refractivity contribution in [1.29, 1.82) is 0 Å². The zero-order valence-electron chi connectivity index (χ0n) is 17.6. The van der Waals surface area contributed by atoms with Crippen molar-refractivity contribution < 1.29 is 0 Å². The minimum absolute atomic E-state index is 0.304. The van der Waals surface area contributed by atoms with Crippen LogP contribution in [0.15, 0.2) is 72.8 Å². The Hall–Kier alpha value is -2.54. The molecule has 0 saturated heterocycles. The molecule has 31 heavy (non-hydrogen) atoms. The topological polar surface area (TPSA) is 0 Å². The molecule has 0 unspecified atom stereocenters. The number of benzene rings is 4. The van der Waals surface area contributed by atoms with Gasteiger partial charge < -0.3 is 0 Å². The van der Waals surface area contributed by atoms with Gasteiger partial charge in [-0.25, -0.2) is 0 Å². The largest absolute Gasteiger partial charge is 0.0837 e. The lowest BCUT2D eigenvalue weighted by molar-refractivity contribution is 0.640. The molecule has 2 aliphatic rings. The Kier molecular flexibility index (Phi) is 4.16. The van der Waals surface area contributed by atoms with Gasteiger partial charge in [-0.1, -0.05) is 110 Å². The highest BCUT2D eigenvalue weighted by molar-refractivity contribution is 6.34. The summed E-state index contributed by atoms with van der Waals surface area (Å²) in [5.74, 6) is 0. The fraction of sp³-hybridized carbons (Fsp3) is 0.172. The third kappa shape index (κ3) is 2.68. The summed E-state index contributed by atoms with van der Waals surface area (Å²) in [6.45, 7) is 4.47. The molecule has 0 atom stereocenters. The molecule has 4 aromatic rings. The summed E-state index contributed by atoms with van der Waals surface area (Å²) < 4.78 is 0. The summed E-state index contributed by atoms with van der Waals surface area (Å²) in [5.41, 5.74) is 12.3. The minimum atomic E-state index is -0.304. The second-order valence-electron chi connectivity index (χ2n) is 9.20. The van der Waals surface area contributed by atoms with Gasteiger partial charge in [0.1, 0.15) is 0 Å². The van der Waals surface area contributed by atoms with E-state index in [0.717, 1.165) is 34.0 Å². The average Bonchev–Trinajstić information content (AvgIpc) is 3.34. The highest BCUT2D eigenvalue weighted by atomic mass is 35.5. The molecule has 2 heteroatoms. The van der Waals surface area contributed by atoms with Crippen LogP contribution in [-0.2, 0) is 18.3 Å². The minimum Gasteiger partial charge on any atom is -0.0837 e. The van der Waals surface area contributed by atoms with Gasteiger partial charge in [-0.2, -0.15) is 0 Å². The molecule has 0 fully saturated rings. The molecule has 4 aromatic carbocycles. The predicted molar refractivity (Wildman–Crippen MR) is 132 cm³/mol. The molecule has 0 nitrogen and oxygen atoms in total. The number of hydrogen-bond acceptors (Lipinski definition) is 0. The Morgan fingerprint density at radius 2 is 0.968 bits per heavy atom. The SMILES string of the molecule is CC(C)(c1ccc2c(c1Cl)Cc1ccccc1-2)c1ccc2c(c1Cl)Cc1ccccc1-2. The van der Waals surface area contributed by atoms with Gasteiger partial charge in [-0.15, -0.1) is 0 Å². The van der Waals surface area contributed by atoms with Crippen molar-refractivity contribution in [2.75, 3.05) is 0 Å². The first-order valence-electron chi connectivity index (χ1n) is 10.8. The molecule has 0 N–H and O–H groups in total. The first-order chi connectivity index (χ1) is 15.0. The van der Waals surface area contributed by atoms with E-state index in [4.69, 9.17) is 23.2 Å². The highest BCUT2D eigenvalue weighted by Gasteiger charge is 2.33. The fourth-order valence-electron chi connectivity index (χ4n) is 5.46. The van der Waals surface area contributed by atoms with E-state index in [1.165, 1.54) is 44.5 Å². The zero-order chi connectivity index (χ0) is 21.3. The van der Waals surface area contributed by atoms with E-state index in [2.05, 4.69) is 86.6 Å². The first kappa shape index (κ1) is 19.2. The molecule has 0 saturated carbocycles. The molecule has 6 rings (SSSR count). The van der Waals surface area contributed by atoms with Crippen molar-refractivity contribution in [3.8, 4) is 22.3 Å². The van der Waals surface area contributed by atoms with Crippen LogP contribution < -0.4 is 0 Å². The third-order valence-electron chi connectivity index (χ3n) is 7.18. The van der Waals surface area contributed by atoms with Gasteiger partial charge in [0.25, 0.3) is 0 Å². The van der Waals surface area contributed by atoms with Gasteiger partial charge in [-0.05, 0) is 55.6 Å². The van der Waals surface area contributed by atoms with Crippen molar-refractivity contribution in [3.63, 3.8) is 0 Å². The van der Waals surface area contributed by atoms with Gasteiger partial charge in [-0.3, -0.25) is 0 Å². The molecule has 0 bridgehead atoms. The summed E-state index contributed by atoms with van der Waals surface area (Å²) >= 11 is 14.2. The Morgan fingerprint density at radius 3 is 1.42 bits per heavy atom. The van der Waals surface area contributed by atoms with Gasteiger partial charge in [0.05, 0.1) is 0 Å². The molecule has 0 radical (unpaired) electrons. The maximum Gasteiger partial charge on any atom is 0.0488 e. The normalized spacial score (nSPS) is 13.5. The van der Waals surface area contributed by atoms with Crippen molar-refractivity contribution in [2.45, 2.75) is 32.1 Å². The van der Waals surface area contributed by atoms with Gasteiger partial charge in [0.15, 0.2) is 0 Å².